The Kier molecular flexibility index (Phi) is 5.15. The third-order valence-electron chi connectivity index (χ3n) is 3.55. The molecule has 1 atom stereocenters. The SMILES string of the molecule is CC(C)c1ccc(C(O)CNCC(=O)NC2CC2)cc1. The van der Waals surface area contributed by atoms with Gasteiger partial charge in [-0.2, -0.15) is 0 Å². The van der Waals surface area contributed by atoms with Gasteiger partial charge in [0.15, 0.2) is 0 Å². The molecule has 1 amide bonds. The zero-order chi connectivity index (χ0) is 14.5. The smallest absolute Gasteiger partial charge is 0.234 e. The maximum atomic E-state index is 11.5. The lowest BCUT2D eigenvalue weighted by Gasteiger charge is -2.13. The molecule has 4 heteroatoms. The minimum atomic E-state index is -0.579. The minimum Gasteiger partial charge on any atom is -0.387 e. The molecular formula is C16H24N2O2. The average molecular weight is 276 g/mol. The first kappa shape index (κ1) is 15.0. The van der Waals surface area contributed by atoms with Crippen LogP contribution in [0, 0.1) is 0 Å². The summed E-state index contributed by atoms with van der Waals surface area (Å²) >= 11 is 0. The van der Waals surface area contributed by atoms with Crippen molar-refractivity contribution in [3.63, 3.8) is 0 Å². The number of rotatable bonds is 7. The van der Waals surface area contributed by atoms with Crippen LogP contribution in [0.3, 0.4) is 0 Å². The summed E-state index contributed by atoms with van der Waals surface area (Å²) in [4.78, 5) is 11.5. The Morgan fingerprint density at radius 3 is 2.40 bits per heavy atom. The fourth-order valence-electron chi connectivity index (χ4n) is 2.05. The molecule has 1 aliphatic rings. The van der Waals surface area contributed by atoms with Gasteiger partial charge in [0.05, 0.1) is 12.6 Å². The van der Waals surface area contributed by atoms with E-state index in [0.717, 1.165) is 18.4 Å². The number of aliphatic hydroxyl groups is 1. The van der Waals surface area contributed by atoms with E-state index in [4.69, 9.17) is 0 Å². The molecule has 1 aromatic carbocycles. The van der Waals surface area contributed by atoms with E-state index in [-0.39, 0.29) is 12.5 Å². The summed E-state index contributed by atoms with van der Waals surface area (Å²) in [5.74, 6) is 0.500. The summed E-state index contributed by atoms with van der Waals surface area (Å²) in [7, 11) is 0. The van der Waals surface area contributed by atoms with Gasteiger partial charge in [-0.15, -0.1) is 0 Å². The highest BCUT2D eigenvalue weighted by Gasteiger charge is 2.22. The lowest BCUT2D eigenvalue weighted by atomic mass is 10.00. The van der Waals surface area contributed by atoms with Gasteiger partial charge in [-0.3, -0.25) is 4.79 Å². The van der Waals surface area contributed by atoms with Crippen LogP contribution in [-0.2, 0) is 4.79 Å². The first-order valence-corrected chi connectivity index (χ1v) is 7.34. The highest BCUT2D eigenvalue weighted by molar-refractivity contribution is 5.78. The van der Waals surface area contributed by atoms with Crippen LogP contribution >= 0.6 is 0 Å². The molecule has 1 aliphatic carbocycles. The lowest BCUT2D eigenvalue weighted by molar-refractivity contribution is -0.120. The van der Waals surface area contributed by atoms with E-state index in [9.17, 15) is 9.90 Å². The first-order chi connectivity index (χ1) is 9.56. The maximum Gasteiger partial charge on any atom is 0.234 e. The van der Waals surface area contributed by atoms with E-state index in [1.54, 1.807) is 0 Å². The molecule has 110 valence electrons. The van der Waals surface area contributed by atoms with Crippen LogP contribution < -0.4 is 10.6 Å². The molecule has 0 bridgehead atoms. The van der Waals surface area contributed by atoms with Crippen molar-refractivity contribution in [1.29, 1.82) is 0 Å². The Morgan fingerprint density at radius 2 is 1.85 bits per heavy atom. The molecule has 0 spiro atoms. The van der Waals surface area contributed by atoms with Gasteiger partial charge in [0.25, 0.3) is 0 Å². The number of amides is 1. The van der Waals surface area contributed by atoms with Crippen molar-refractivity contribution in [2.24, 2.45) is 0 Å². The summed E-state index contributed by atoms with van der Waals surface area (Å²) in [5, 5.41) is 16.0. The highest BCUT2D eigenvalue weighted by atomic mass is 16.3. The predicted molar refractivity (Wildman–Crippen MR) is 79.5 cm³/mol. The Bertz CT molecular complexity index is 438. The lowest BCUT2D eigenvalue weighted by Crippen LogP contribution is -2.36. The Balaban J connectivity index is 1.73. The fourth-order valence-corrected chi connectivity index (χ4v) is 2.05. The van der Waals surface area contributed by atoms with Crippen molar-refractivity contribution in [2.45, 2.75) is 44.8 Å². The van der Waals surface area contributed by atoms with Crippen molar-refractivity contribution in [2.75, 3.05) is 13.1 Å². The predicted octanol–water partition coefficient (Wildman–Crippen LogP) is 1.71. The monoisotopic (exact) mass is 276 g/mol. The van der Waals surface area contributed by atoms with Crippen molar-refractivity contribution < 1.29 is 9.90 Å². The second-order valence-corrected chi connectivity index (χ2v) is 5.81. The quantitative estimate of drug-likeness (QED) is 0.710. The second-order valence-electron chi connectivity index (χ2n) is 5.81. The van der Waals surface area contributed by atoms with Crippen molar-refractivity contribution in [3.05, 3.63) is 35.4 Å². The molecule has 1 saturated carbocycles. The van der Waals surface area contributed by atoms with Crippen molar-refractivity contribution in [1.82, 2.24) is 10.6 Å². The molecule has 3 N–H and O–H groups in total. The number of hydrogen-bond acceptors (Lipinski definition) is 3. The van der Waals surface area contributed by atoms with Crippen LogP contribution in [0.15, 0.2) is 24.3 Å². The van der Waals surface area contributed by atoms with Crippen molar-refractivity contribution >= 4 is 5.91 Å². The van der Waals surface area contributed by atoms with Gasteiger partial charge >= 0.3 is 0 Å². The fraction of sp³-hybridized carbons (Fsp3) is 0.562. The molecule has 0 aliphatic heterocycles. The van der Waals surface area contributed by atoms with Crippen LogP contribution in [0.1, 0.15) is 49.8 Å². The topological polar surface area (TPSA) is 61.4 Å². The van der Waals surface area contributed by atoms with Gasteiger partial charge < -0.3 is 15.7 Å². The Hall–Kier alpha value is -1.39. The normalized spacial score (nSPS) is 16.2. The molecule has 1 aromatic rings. The largest absolute Gasteiger partial charge is 0.387 e. The Morgan fingerprint density at radius 1 is 1.25 bits per heavy atom. The van der Waals surface area contributed by atoms with Gasteiger partial charge in [0.1, 0.15) is 0 Å². The van der Waals surface area contributed by atoms with Gasteiger partial charge in [-0.1, -0.05) is 38.1 Å². The zero-order valence-corrected chi connectivity index (χ0v) is 12.2. The van der Waals surface area contributed by atoms with E-state index in [1.165, 1.54) is 5.56 Å². The summed E-state index contributed by atoms with van der Waals surface area (Å²) in [6.45, 7) is 4.94. The molecule has 0 radical (unpaired) electrons. The molecular weight excluding hydrogens is 252 g/mol. The third kappa shape index (κ3) is 4.62. The van der Waals surface area contributed by atoms with Gasteiger partial charge in [-0.05, 0) is 29.9 Å². The van der Waals surface area contributed by atoms with Gasteiger partial charge in [-0.25, -0.2) is 0 Å². The van der Waals surface area contributed by atoms with Gasteiger partial charge in [0.2, 0.25) is 5.91 Å². The van der Waals surface area contributed by atoms with Gasteiger partial charge in [0, 0.05) is 12.6 Å². The van der Waals surface area contributed by atoms with Crippen LogP contribution in [0.25, 0.3) is 0 Å². The van der Waals surface area contributed by atoms with E-state index in [0.29, 0.717) is 18.5 Å². The van der Waals surface area contributed by atoms with E-state index >= 15 is 0 Å². The molecule has 20 heavy (non-hydrogen) atoms. The number of carbonyl (C=O) groups excluding carboxylic acids is 1. The van der Waals surface area contributed by atoms with Crippen LogP contribution in [0.2, 0.25) is 0 Å². The molecule has 1 unspecified atom stereocenters. The Labute approximate surface area is 120 Å². The summed E-state index contributed by atoms with van der Waals surface area (Å²) < 4.78 is 0. The average Bonchev–Trinajstić information content (AvgIpc) is 3.22. The summed E-state index contributed by atoms with van der Waals surface area (Å²) in [6.07, 6.45) is 1.61. The standard InChI is InChI=1S/C16H24N2O2/c1-11(2)12-3-5-13(6-4-12)15(19)9-17-10-16(20)18-14-7-8-14/h3-6,11,14-15,17,19H,7-10H2,1-2H3,(H,18,20). The minimum absolute atomic E-state index is 0.00913. The molecule has 0 heterocycles. The zero-order valence-electron chi connectivity index (χ0n) is 12.2. The molecule has 0 saturated heterocycles. The number of hydrogen-bond donors (Lipinski definition) is 3. The van der Waals surface area contributed by atoms with Crippen LogP contribution in [0.4, 0.5) is 0 Å². The first-order valence-electron chi connectivity index (χ1n) is 7.34. The summed E-state index contributed by atoms with van der Waals surface area (Å²) in [6, 6.07) is 8.38. The van der Waals surface area contributed by atoms with E-state index in [1.807, 2.05) is 24.3 Å². The number of benzene rings is 1. The van der Waals surface area contributed by atoms with Crippen molar-refractivity contribution in [3.8, 4) is 0 Å². The highest BCUT2D eigenvalue weighted by Crippen LogP contribution is 2.19. The van der Waals surface area contributed by atoms with E-state index < -0.39 is 6.10 Å². The number of nitrogens with one attached hydrogen (secondary N) is 2. The number of aliphatic hydroxyl groups excluding tert-OH is 1. The second kappa shape index (κ2) is 6.86. The third-order valence-corrected chi connectivity index (χ3v) is 3.55. The van der Waals surface area contributed by atoms with Crippen LogP contribution in [0.5, 0.6) is 0 Å². The molecule has 4 nitrogen and oxygen atoms in total. The molecule has 2 rings (SSSR count). The number of carbonyl (C=O) groups is 1. The molecule has 0 aromatic heterocycles. The van der Waals surface area contributed by atoms with E-state index in [2.05, 4.69) is 24.5 Å². The molecule has 1 fully saturated rings. The van der Waals surface area contributed by atoms with Crippen LogP contribution in [-0.4, -0.2) is 30.1 Å². The maximum absolute atomic E-state index is 11.5. The summed E-state index contributed by atoms with van der Waals surface area (Å²) in [5.41, 5.74) is 2.14.